The quantitative estimate of drug-likeness (QED) is 0.676. The molecule has 0 unspecified atom stereocenters. The number of aromatic amines is 1. The third kappa shape index (κ3) is 2.33. The van der Waals surface area contributed by atoms with Crippen LogP contribution >= 0.6 is 12.2 Å². The minimum absolute atomic E-state index is 0.334. The lowest BCUT2D eigenvalue weighted by Crippen LogP contribution is -2.07. The topological polar surface area (TPSA) is 33.6 Å². The van der Waals surface area contributed by atoms with Crippen molar-refractivity contribution in [1.29, 1.82) is 0 Å². The van der Waals surface area contributed by atoms with Crippen LogP contribution in [0.2, 0.25) is 0 Å². The minimum atomic E-state index is -4.39. The Morgan fingerprint density at radius 3 is 2.71 bits per heavy atom. The fraction of sp³-hybridized carbons (Fsp3) is 0.143. The van der Waals surface area contributed by atoms with Crippen LogP contribution in [0.4, 0.5) is 13.2 Å². The van der Waals surface area contributed by atoms with Crippen LogP contribution in [-0.4, -0.2) is 14.5 Å². The molecule has 0 aliphatic heterocycles. The van der Waals surface area contributed by atoms with Crippen LogP contribution in [0.15, 0.2) is 36.7 Å². The average Bonchev–Trinajstić information content (AvgIpc) is 2.74. The van der Waals surface area contributed by atoms with Gasteiger partial charge in [0, 0.05) is 6.20 Å². The molecule has 0 aliphatic rings. The zero-order chi connectivity index (χ0) is 15.2. The highest BCUT2D eigenvalue weighted by Crippen LogP contribution is 2.32. The summed E-state index contributed by atoms with van der Waals surface area (Å²) in [6.07, 6.45) is -1.23. The number of aryl methyl sites for hydroxylation is 1. The van der Waals surface area contributed by atoms with E-state index in [1.807, 2.05) is 0 Å². The predicted molar refractivity (Wildman–Crippen MR) is 76.0 cm³/mol. The molecule has 0 fully saturated rings. The second kappa shape index (κ2) is 4.70. The zero-order valence-electron chi connectivity index (χ0n) is 10.9. The van der Waals surface area contributed by atoms with Gasteiger partial charge in [-0.25, -0.2) is 0 Å². The van der Waals surface area contributed by atoms with E-state index in [1.165, 1.54) is 6.07 Å². The Bertz CT molecular complexity index is 877. The molecule has 0 saturated heterocycles. The molecule has 1 aromatic carbocycles. The minimum Gasteiger partial charge on any atom is -0.329 e. The number of pyridine rings is 1. The summed E-state index contributed by atoms with van der Waals surface area (Å²) in [7, 11) is 0. The molecule has 0 radical (unpaired) electrons. The molecule has 0 amide bonds. The summed E-state index contributed by atoms with van der Waals surface area (Å²) in [6.45, 7) is 1.75. The van der Waals surface area contributed by atoms with Gasteiger partial charge in [-0.15, -0.1) is 0 Å². The molecule has 0 spiro atoms. The van der Waals surface area contributed by atoms with Crippen LogP contribution in [-0.2, 0) is 6.18 Å². The van der Waals surface area contributed by atoms with E-state index in [0.717, 1.165) is 12.1 Å². The number of hydrogen-bond acceptors (Lipinski definition) is 2. The number of halogens is 3. The zero-order valence-corrected chi connectivity index (χ0v) is 11.7. The first kappa shape index (κ1) is 13.8. The molecular weight excluding hydrogens is 299 g/mol. The number of fused-ring (bicyclic) bond motifs is 1. The summed E-state index contributed by atoms with van der Waals surface area (Å²) in [5.41, 5.74) is 1.79. The number of H-pyrrole nitrogens is 1. The van der Waals surface area contributed by atoms with Crippen molar-refractivity contribution in [2.45, 2.75) is 13.1 Å². The first-order chi connectivity index (χ1) is 9.88. The molecule has 2 heterocycles. The third-order valence-corrected chi connectivity index (χ3v) is 3.55. The molecular formula is C14H10F3N3S. The number of rotatable bonds is 1. The highest BCUT2D eigenvalue weighted by molar-refractivity contribution is 7.71. The molecule has 3 aromatic rings. The lowest BCUT2D eigenvalue weighted by molar-refractivity contribution is -0.137. The van der Waals surface area contributed by atoms with Gasteiger partial charge in [0.2, 0.25) is 0 Å². The molecule has 0 atom stereocenters. The maximum absolute atomic E-state index is 12.9. The van der Waals surface area contributed by atoms with Crippen molar-refractivity contribution in [3.8, 4) is 5.69 Å². The van der Waals surface area contributed by atoms with Crippen LogP contribution in [0, 0.1) is 11.7 Å². The SMILES string of the molecule is Cc1ccc(C(F)(F)F)cc1-n1c(=S)[nH]c2cnccc21. The smallest absolute Gasteiger partial charge is 0.329 e. The Hall–Kier alpha value is -2.15. The largest absolute Gasteiger partial charge is 0.416 e. The van der Waals surface area contributed by atoms with Crippen molar-refractivity contribution in [1.82, 2.24) is 14.5 Å². The first-order valence-electron chi connectivity index (χ1n) is 6.11. The molecule has 0 bridgehead atoms. The molecule has 0 aliphatic carbocycles. The van der Waals surface area contributed by atoms with E-state index in [1.54, 1.807) is 30.0 Å². The van der Waals surface area contributed by atoms with E-state index in [9.17, 15) is 13.2 Å². The maximum atomic E-state index is 12.9. The van der Waals surface area contributed by atoms with Crippen molar-refractivity contribution in [2.24, 2.45) is 0 Å². The normalized spacial score (nSPS) is 12.0. The van der Waals surface area contributed by atoms with Crippen LogP contribution in [0.5, 0.6) is 0 Å². The van der Waals surface area contributed by atoms with Gasteiger partial charge in [0.25, 0.3) is 0 Å². The number of alkyl halides is 3. The van der Waals surface area contributed by atoms with Gasteiger partial charge >= 0.3 is 6.18 Å². The highest BCUT2D eigenvalue weighted by Gasteiger charge is 2.31. The first-order valence-corrected chi connectivity index (χ1v) is 6.52. The lowest BCUT2D eigenvalue weighted by Gasteiger charge is -2.12. The van der Waals surface area contributed by atoms with Crippen molar-refractivity contribution < 1.29 is 13.2 Å². The molecule has 0 saturated carbocycles. The third-order valence-electron chi connectivity index (χ3n) is 3.26. The van der Waals surface area contributed by atoms with Crippen LogP contribution in [0.25, 0.3) is 16.7 Å². The van der Waals surface area contributed by atoms with E-state index >= 15 is 0 Å². The summed E-state index contributed by atoms with van der Waals surface area (Å²) >= 11 is 5.23. The molecule has 3 nitrogen and oxygen atoms in total. The lowest BCUT2D eigenvalue weighted by atomic mass is 10.1. The van der Waals surface area contributed by atoms with Crippen molar-refractivity contribution in [3.05, 3.63) is 52.6 Å². The number of benzene rings is 1. The second-order valence-electron chi connectivity index (χ2n) is 4.66. The Morgan fingerprint density at radius 1 is 1.24 bits per heavy atom. The van der Waals surface area contributed by atoms with Gasteiger partial charge < -0.3 is 4.98 Å². The summed E-state index contributed by atoms with van der Waals surface area (Å²) in [6, 6.07) is 5.33. The van der Waals surface area contributed by atoms with Gasteiger partial charge in [-0.05, 0) is 42.9 Å². The average molecular weight is 309 g/mol. The molecule has 7 heteroatoms. The second-order valence-corrected chi connectivity index (χ2v) is 5.04. The predicted octanol–water partition coefficient (Wildman–Crippen LogP) is 4.41. The summed E-state index contributed by atoms with van der Waals surface area (Å²) in [4.78, 5) is 6.91. The molecule has 2 aromatic heterocycles. The summed E-state index contributed by atoms with van der Waals surface area (Å²) in [5.74, 6) is 0. The highest BCUT2D eigenvalue weighted by atomic mass is 32.1. The number of nitrogens with one attached hydrogen (secondary N) is 1. The van der Waals surface area contributed by atoms with Crippen molar-refractivity contribution in [3.63, 3.8) is 0 Å². The standard InChI is InChI=1S/C14H10F3N3S/c1-8-2-3-9(14(15,16)17)6-12(8)20-11-4-5-18-7-10(11)19-13(20)21/h2-7H,1H3,(H,19,21). The number of aromatic nitrogens is 3. The van der Waals surface area contributed by atoms with Gasteiger partial charge in [-0.3, -0.25) is 9.55 Å². The van der Waals surface area contributed by atoms with Crippen LogP contribution < -0.4 is 0 Å². The van der Waals surface area contributed by atoms with E-state index in [0.29, 0.717) is 27.1 Å². The van der Waals surface area contributed by atoms with Gasteiger partial charge in [0.05, 0.1) is 28.5 Å². The molecule has 21 heavy (non-hydrogen) atoms. The van der Waals surface area contributed by atoms with E-state index in [-0.39, 0.29) is 0 Å². The fourth-order valence-corrected chi connectivity index (χ4v) is 2.53. The van der Waals surface area contributed by atoms with Crippen LogP contribution in [0.3, 0.4) is 0 Å². The molecule has 1 N–H and O–H groups in total. The van der Waals surface area contributed by atoms with Crippen LogP contribution in [0.1, 0.15) is 11.1 Å². The monoisotopic (exact) mass is 309 g/mol. The van der Waals surface area contributed by atoms with Gasteiger partial charge in [0.1, 0.15) is 0 Å². The Balaban J connectivity index is 2.33. The molecule has 3 rings (SSSR count). The number of nitrogens with zero attached hydrogens (tertiary/aromatic N) is 2. The maximum Gasteiger partial charge on any atom is 0.416 e. The fourth-order valence-electron chi connectivity index (χ4n) is 2.22. The molecule has 108 valence electrons. The van der Waals surface area contributed by atoms with Gasteiger partial charge in [0.15, 0.2) is 4.77 Å². The Kier molecular flexibility index (Phi) is 3.09. The van der Waals surface area contributed by atoms with Gasteiger partial charge in [-0.1, -0.05) is 6.07 Å². The van der Waals surface area contributed by atoms with E-state index < -0.39 is 11.7 Å². The summed E-state index contributed by atoms with van der Waals surface area (Å²) < 4.78 is 40.6. The summed E-state index contributed by atoms with van der Waals surface area (Å²) in [5, 5.41) is 0. The van der Waals surface area contributed by atoms with Gasteiger partial charge in [-0.2, -0.15) is 13.2 Å². The van der Waals surface area contributed by atoms with E-state index in [2.05, 4.69) is 9.97 Å². The van der Waals surface area contributed by atoms with E-state index in [4.69, 9.17) is 12.2 Å². The Morgan fingerprint density at radius 2 is 2.00 bits per heavy atom. The number of imidazole rings is 1. The Labute approximate surface area is 123 Å². The van der Waals surface area contributed by atoms with Crippen molar-refractivity contribution >= 4 is 23.3 Å². The number of hydrogen-bond donors (Lipinski definition) is 1. The van der Waals surface area contributed by atoms with Crippen molar-refractivity contribution in [2.75, 3.05) is 0 Å².